The number of carbonyl (C=O) groups excluding carboxylic acids is 1. The molecule has 0 bridgehead atoms. The number of carbonyl (C=O) groups is 1. The first-order chi connectivity index (χ1) is 15.8. The standard InChI is InChI=1S/C28H41ClNO4P/c1-17(2)23(25(31)33-16-26(3,4)5)30-35(32)34-24-20-15-19(27(6,7)8)13-12-18(20)14-21(22(24)29)28(9,10)11/h12-15,17,23H,16H2,1-11H3/t23-/m0/s1. The largest absolute Gasteiger partial charge is 0.575 e. The van der Waals surface area contributed by atoms with Crippen molar-refractivity contribution in [2.45, 2.75) is 93.0 Å². The average molecular weight is 522 g/mol. The van der Waals surface area contributed by atoms with Gasteiger partial charge in [0.25, 0.3) is 0 Å². The Morgan fingerprint density at radius 1 is 1.03 bits per heavy atom. The Bertz CT molecular complexity index is 1110. The summed E-state index contributed by atoms with van der Waals surface area (Å²) in [6.07, 6.45) is 0. The van der Waals surface area contributed by atoms with Crippen molar-refractivity contribution in [2.24, 2.45) is 16.1 Å². The molecule has 2 aromatic carbocycles. The first kappa shape index (κ1) is 29.5. The van der Waals surface area contributed by atoms with Gasteiger partial charge in [-0.05, 0) is 50.8 Å². The number of esters is 1. The Kier molecular flexibility index (Phi) is 9.07. The zero-order valence-electron chi connectivity index (χ0n) is 23.1. The molecule has 0 fully saturated rings. The highest BCUT2D eigenvalue weighted by atomic mass is 35.5. The third-order valence-electron chi connectivity index (χ3n) is 5.62. The predicted octanol–water partition coefficient (Wildman–Crippen LogP) is 7.94. The second-order valence-electron chi connectivity index (χ2n) is 12.8. The summed E-state index contributed by atoms with van der Waals surface area (Å²) in [6, 6.07) is 7.32. The van der Waals surface area contributed by atoms with Gasteiger partial charge in [-0.25, -0.2) is 4.79 Å². The SMILES string of the molecule is CC(C)[C@H](N=[P+]([O-])Oc1c(Cl)c(C(C)(C)C)cc2ccc(C(C)(C)C)cc12)C(=O)OCC(C)(C)C. The number of rotatable bonds is 6. The Morgan fingerprint density at radius 2 is 1.63 bits per heavy atom. The molecular formula is C28H41ClNO4P. The zero-order valence-corrected chi connectivity index (χ0v) is 24.7. The van der Waals surface area contributed by atoms with E-state index in [-0.39, 0.29) is 28.8 Å². The van der Waals surface area contributed by atoms with Gasteiger partial charge < -0.3 is 9.63 Å². The zero-order chi connectivity index (χ0) is 26.9. The molecule has 2 atom stereocenters. The van der Waals surface area contributed by atoms with Crippen molar-refractivity contribution in [3.63, 3.8) is 0 Å². The first-order valence-corrected chi connectivity index (χ1v) is 13.6. The highest BCUT2D eigenvalue weighted by molar-refractivity contribution is 7.34. The topological polar surface area (TPSA) is 71.0 Å². The summed E-state index contributed by atoms with van der Waals surface area (Å²) >= 11 is 6.86. The third kappa shape index (κ3) is 7.90. The second-order valence-corrected chi connectivity index (χ2v) is 14.1. The quantitative estimate of drug-likeness (QED) is 0.286. The van der Waals surface area contributed by atoms with Crippen molar-refractivity contribution < 1.29 is 18.9 Å². The molecule has 194 valence electrons. The Labute approximate surface area is 217 Å². The fraction of sp³-hybridized carbons (Fsp3) is 0.607. The van der Waals surface area contributed by atoms with E-state index in [9.17, 15) is 9.69 Å². The molecule has 0 N–H and O–H groups in total. The Morgan fingerprint density at radius 3 is 2.11 bits per heavy atom. The van der Waals surface area contributed by atoms with Crippen LogP contribution >= 0.6 is 19.8 Å². The molecule has 0 saturated carbocycles. The number of benzene rings is 2. The van der Waals surface area contributed by atoms with Gasteiger partial charge in [-0.15, -0.1) is 0 Å². The summed E-state index contributed by atoms with van der Waals surface area (Å²) in [4.78, 5) is 25.9. The molecule has 0 aromatic heterocycles. The van der Waals surface area contributed by atoms with Crippen LogP contribution in [0.3, 0.4) is 0 Å². The Hall–Kier alpha value is -1.68. The lowest BCUT2D eigenvalue weighted by Gasteiger charge is -2.24. The number of halogens is 1. The van der Waals surface area contributed by atoms with Gasteiger partial charge in [0.15, 0.2) is 6.04 Å². The van der Waals surface area contributed by atoms with Crippen LogP contribution in [-0.2, 0) is 20.4 Å². The number of fused-ring (bicyclic) bond motifs is 1. The lowest BCUT2D eigenvalue weighted by molar-refractivity contribution is -0.170. The molecule has 0 amide bonds. The number of nitrogens with zero attached hydrogens (tertiary/aromatic N) is 1. The molecule has 2 aromatic rings. The van der Waals surface area contributed by atoms with Crippen LogP contribution in [0.5, 0.6) is 5.75 Å². The third-order valence-corrected chi connectivity index (χ3v) is 6.77. The molecule has 7 heteroatoms. The minimum absolute atomic E-state index is 0.0905. The van der Waals surface area contributed by atoms with Crippen molar-refractivity contribution in [3.8, 4) is 5.75 Å². The van der Waals surface area contributed by atoms with Crippen molar-refractivity contribution in [1.82, 2.24) is 0 Å². The van der Waals surface area contributed by atoms with Gasteiger partial charge in [-0.2, -0.15) is 0 Å². The highest BCUT2D eigenvalue weighted by Gasteiger charge is 2.30. The summed E-state index contributed by atoms with van der Waals surface area (Å²) in [6.45, 7) is 22.5. The summed E-state index contributed by atoms with van der Waals surface area (Å²) in [5.74, 6) is -0.377. The minimum atomic E-state index is -2.59. The van der Waals surface area contributed by atoms with Crippen LogP contribution in [0.1, 0.15) is 87.3 Å². The lowest BCUT2D eigenvalue weighted by atomic mass is 9.83. The molecule has 0 aliphatic heterocycles. The van der Waals surface area contributed by atoms with Gasteiger partial charge in [0.1, 0.15) is 0 Å². The molecule has 5 nitrogen and oxygen atoms in total. The maximum absolute atomic E-state index is 13.2. The summed E-state index contributed by atoms with van der Waals surface area (Å²) in [5.41, 5.74) is 1.46. The first-order valence-electron chi connectivity index (χ1n) is 12.1. The van der Waals surface area contributed by atoms with Crippen LogP contribution in [0.15, 0.2) is 29.0 Å². The van der Waals surface area contributed by atoms with Gasteiger partial charge in [0.05, 0.1) is 11.6 Å². The van der Waals surface area contributed by atoms with E-state index in [0.717, 1.165) is 21.9 Å². The van der Waals surface area contributed by atoms with Crippen molar-refractivity contribution in [2.75, 3.05) is 6.61 Å². The average Bonchev–Trinajstić information content (AvgIpc) is 2.69. The van der Waals surface area contributed by atoms with Gasteiger partial charge in [-0.1, -0.05) is 105 Å². The van der Waals surface area contributed by atoms with Gasteiger partial charge >= 0.3 is 14.1 Å². The maximum Gasteiger partial charge on any atom is 0.395 e. The maximum atomic E-state index is 13.2. The second kappa shape index (κ2) is 10.7. The predicted molar refractivity (Wildman–Crippen MR) is 145 cm³/mol. The van der Waals surface area contributed by atoms with E-state index < -0.39 is 20.2 Å². The molecule has 0 aliphatic carbocycles. The lowest BCUT2D eigenvalue weighted by Crippen LogP contribution is -2.30. The van der Waals surface area contributed by atoms with E-state index in [4.69, 9.17) is 20.9 Å². The molecule has 35 heavy (non-hydrogen) atoms. The summed E-state index contributed by atoms with van der Waals surface area (Å²) in [7, 11) is -2.59. The van der Waals surface area contributed by atoms with Crippen LogP contribution in [0.4, 0.5) is 0 Å². The van der Waals surface area contributed by atoms with Crippen LogP contribution in [0.2, 0.25) is 5.02 Å². The molecule has 0 spiro atoms. The summed E-state index contributed by atoms with van der Waals surface area (Å²) < 4.78 is 15.6. The fourth-order valence-corrected chi connectivity index (χ4v) is 4.96. The van der Waals surface area contributed by atoms with Crippen molar-refractivity contribution in [3.05, 3.63) is 40.4 Å². The van der Waals surface area contributed by atoms with Gasteiger partial charge in [0, 0.05) is 5.39 Å². The minimum Gasteiger partial charge on any atom is -0.575 e. The van der Waals surface area contributed by atoms with Crippen LogP contribution in [-0.4, -0.2) is 18.6 Å². The van der Waals surface area contributed by atoms with E-state index >= 15 is 0 Å². The molecular weight excluding hydrogens is 481 g/mol. The van der Waals surface area contributed by atoms with Crippen LogP contribution in [0, 0.1) is 11.3 Å². The van der Waals surface area contributed by atoms with E-state index in [0.29, 0.717) is 10.8 Å². The monoisotopic (exact) mass is 521 g/mol. The van der Waals surface area contributed by atoms with Crippen molar-refractivity contribution in [1.29, 1.82) is 0 Å². The molecule has 0 radical (unpaired) electrons. The smallest absolute Gasteiger partial charge is 0.395 e. The highest BCUT2D eigenvalue weighted by Crippen LogP contribution is 2.45. The number of hydrogen-bond donors (Lipinski definition) is 0. The van der Waals surface area contributed by atoms with E-state index in [1.807, 2.05) is 46.8 Å². The molecule has 0 saturated heterocycles. The molecule has 0 heterocycles. The molecule has 1 unspecified atom stereocenters. The van der Waals surface area contributed by atoms with E-state index in [2.05, 4.69) is 58.4 Å². The van der Waals surface area contributed by atoms with E-state index in [1.54, 1.807) is 0 Å². The summed E-state index contributed by atoms with van der Waals surface area (Å²) in [5, 5.41) is 2.12. The Balaban J connectivity index is 2.58. The normalized spacial score (nSPS) is 14.4. The molecule has 2 rings (SSSR count). The van der Waals surface area contributed by atoms with Crippen molar-refractivity contribution >= 4 is 36.5 Å². The number of hydrogen-bond acceptors (Lipinski definition) is 5. The van der Waals surface area contributed by atoms with E-state index in [1.165, 1.54) is 0 Å². The van der Waals surface area contributed by atoms with Gasteiger partial charge in [0.2, 0.25) is 5.75 Å². The molecule has 0 aliphatic rings. The number of ether oxygens (including phenoxy) is 1. The fourth-order valence-electron chi connectivity index (χ4n) is 3.47. The van der Waals surface area contributed by atoms with Gasteiger partial charge in [-0.3, -0.25) is 4.52 Å². The van der Waals surface area contributed by atoms with Crippen LogP contribution < -0.4 is 9.42 Å². The van der Waals surface area contributed by atoms with Crippen LogP contribution in [0.25, 0.3) is 10.8 Å².